The van der Waals surface area contributed by atoms with E-state index in [0.717, 1.165) is 24.8 Å². The van der Waals surface area contributed by atoms with E-state index in [9.17, 15) is 4.79 Å². The number of carbonyl (C=O) groups excluding carboxylic acids is 1. The number of primary amides is 1. The molecule has 0 saturated carbocycles. The number of benzene rings is 1. The summed E-state index contributed by atoms with van der Waals surface area (Å²) in [6, 6.07) is 5.28. The summed E-state index contributed by atoms with van der Waals surface area (Å²) in [5, 5.41) is 0.511. The van der Waals surface area contributed by atoms with Gasteiger partial charge in [0.15, 0.2) is 0 Å². The molecular formula is C13H18ClNO3. The van der Waals surface area contributed by atoms with Crippen molar-refractivity contribution in [2.75, 3.05) is 6.61 Å². The van der Waals surface area contributed by atoms with Gasteiger partial charge in [0.2, 0.25) is 0 Å². The molecule has 0 atom stereocenters. The Bertz CT molecular complexity index is 396. The Kier molecular flexibility index (Phi) is 6.36. The molecule has 0 aliphatic rings. The first-order chi connectivity index (χ1) is 8.63. The summed E-state index contributed by atoms with van der Waals surface area (Å²) in [6.45, 7) is 2.91. The third kappa shape index (κ3) is 5.27. The van der Waals surface area contributed by atoms with Gasteiger partial charge in [-0.1, -0.05) is 37.4 Å². The maximum Gasteiger partial charge on any atom is 0.404 e. The fourth-order valence-electron chi connectivity index (χ4n) is 1.44. The minimum atomic E-state index is -0.800. The zero-order valence-electron chi connectivity index (χ0n) is 10.4. The predicted molar refractivity (Wildman–Crippen MR) is 70.8 cm³/mol. The largest absolute Gasteiger partial charge is 0.492 e. The first kappa shape index (κ1) is 14.6. The third-order valence-electron chi connectivity index (χ3n) is 2.38. The number of hydrogen-bond acceptors (Lipinski definition) is 3. The van der Waals surface area contributed by atoms with Crippen LogP contribution in [-0.2, 0) is 11.3 Å². The van der Waals surface area contributed by atoms with Gasteiger partial charge in [-0.2, -0.15) is 0 Å². The van der Waals surface area contributed by atoms with Gasteiger partial charge in [-0.25, -0.2) is 4.79 Å². The van der Waals surface area contributed by atoms with E-state index >= 15 is 0 Å². The first-order valence-corrected chi connectivity index (χ1v) is 6.34. The molecular weight excluding hydrogens is 254 g/mol. The summed E-state index contributed by atoms with van der Waals surface area (Å²) in [7, 11) is 0. The summed E-state index contributed by atoms with van der Waals surface area (Å²) >= 11 is 6.06. The molecule has 1 aromatic carbocycles. The number of halogens is 1. The summed E-state index contributed by atoms with van der Waals surface area (Å²) < 4.78 is 10.2. The lowest BCUT2D eigenvalue weighted by molar-refractivity contribution is 0.150. The van der Waals surface area contributed by atoms with Crippen molar-refractivity contribution >= 4 is 17.7 Å². The summed E-state index contributed by atoms with van der Waals surface area (Å²) in [4.78, 5) is 10.5. The van der Waals surface area contributed by atoms with Gasteiger partial charge in [0, 0.05) is 0 Å². The maximum atomic E-state index is 10.5. The average Bonchev–Trinajstić information content (AvgIpc) is 2.34. The molecule has 0 spiro atoms. The van der Waals surface area contributed by atoms with Crippen molar-refractivity contribution < 1.29 is 14.3 Å². The molecule has 100 valence electrons. The van der Waals surface area contributed by atoms with Gasteiger partial charge in [0.25, 0.3) is 0 Å². The van der Waals surface area contributed by atoms with Crippen LogP contribution in [-0.4, -0.2) is 12.7 Å². The van der Waals surface area contributed by atoms with E-state index in [1.165, 1.54) is 0 Å². The zero-order chi connectivity index (χ0) is 13.4. The average molecular weight is 272 g/mol. The highest BCUT2D eigenvalue weighted by molar-refractivity contribution is 6.32. The quantitative estimate of drug-likeness (QED) is 0.772. The molecule has 4 nitrogen and oxygen atoms in total. The second-order valence-corrected chi connectivity index (χ2v) is 4.34. The number of nitrogens with two attached hydrogens (primary N) is 1. The lowest BCUT2D eigenvalue weighted by Gasteiger charge is -2.09. The summed E-state index contributed by atoms with van der Waals surface area (Å²) in [5.74, 6) is 0.649. The molecule has 18 heavy (non-hydrogen) atoms. The number of hydrogen-bond donors (Lipinski definition) is 1. The van der Waals surface area contributed by atoms with E-state index in [-0.39, 0.29) is 6.61 Å². The zero-order valence-corrected chi connectivity index (χ0v) is 11.2. The molecule has 0 saturated heterocycles. The van der Waals surface area contributed by atoms with Gasteiger partial charge in [-0.15, -0.1) is 0 Å². The molecule has 0 fully saturated rings. The normalized spacial score (nSPS) is 10.1. The van der Waals surface area contributed by atoms with Gasteiger partial charge in [-0.3, -0.25) is 0 Å². The van der Waals surface area contributed by atoms with Crippen LogP contribution in [0.25, 0.3) is 0 Å². The highest BCUT2D eigenvalue weighted by Gasteiger charge is 2.04. The second kappa shape index (κ2) is 7.82. The van der Waals surface area contributed by atoms with Crippen LogP contribution in [0.2, 0.25) is 5.02 Å². The smallest absolute Gasteiger partial charge is 0.404 e. The van der Waals surface area contributed by atoms with Crippen LogP contribution in [0.5, 0.6) is 5.75 Å². The molecule has 0 aliphatic carbocycles. The number of rotatable bonds is 7. The van der Waals surface area contributed by atoms with E-state index in [0.29, 0.717) is 17.4 Å². The Morgan fingerprint density at radius 3 is 2.78 bits per heavy atom. The Labute approximate surface area is 112 Å². The van der Waals surface area contributed by atoms with Crippen molar-refractivity contribution in [1.82, 2.24) is 0 Å². The van der Waals surface area contributed by atoms with Crippen LogP contribution in [0.15, 0.2) is 18.2 Å². The maximum absolute atomic E-state index is 10.5. The molecule has 0 heterocycles. The van der Waals surface area contributed by atoms with Crippen molar-refractivity contribution in [3.05, 3.63) is 28.8 Å². The molecule has 0 radical (unpaired) electrons. The van der Waals surface area contributed by atoms with Gasteiger partial charge in [0.1, 0.15) is 12.4 Å². The molecule has 0 aliphatic heterocycles. The van der Waals surface area contributed by atoms with Crippen LogP contribution >= 0.6 is 11.6 Å². The highest BCUT2D eigenvalue weighted by Crippen LogP contribution is 2.26. The summed E-state index contributed by atoms with van der Waals surface area (Å²) in [6.07, 6.45) is 2.51. The van der Waals surface area contributed by atoms with Gasteiger partial charge >= 0.3 is 6.09 Å². The Morgan fingerprint density at radius 2 is 2.17 bits per heavy atom. The van der Waals surface area contributed by atoms with Gasteiger partial charge in [-0.05, 0) is 24.1 Å². The van der Waals surface area contributed by atoms with E-state index in [1.54, 1.807) is 18.2 Å². The Hall–Kier alpha value is -1.42. The number of carbonyl (C=O) groups is 1. The van der Waals surface area contributed by atoms with Crippen LogP contribution in [0.1, 0.15) is 31.7 Å². The number of ether oxygens (including phenoxy) is 2. The first-order valence-electron chi connectivity index (χ1n) is 5.97. The topological polar surface area (TPSA) is 61.6 Å². The van der Waals surface area contributed by atoms with Crippen LogP contribution < -0.4 is 10.5 Å². The Balaban J connectivity index is 2.48. The molecule has 1 rings (SSSR count). The monoisotopic (exact) mass is 271 g/mol. The fraction of sp³-hybridized carbons (Fsp3) is 0.462. The molecule has 0 aromatic heterocycles. The van der Waals surface area contributed by atoms with Crippen molar-refractivity contribution in [1.29, 1.82) is 0 Å². The lowest BCUT2D eigenvalue weighted by atomic mass is 10.2. The van der Waals surface area contributed by atoms with E-state index in [4.69, 9.17) is 22.1 Å². The molecule has 1 aromatic rings. The van der Waals surface area contributed by atoms with Crippen LogP contribution in [0.4, 0.5) is 4.79 Å². The molecule has 0 unspecified atom stereocenters. The number of amides is 1. The van der Waals surface area contributed by atoms with Crippen molar-refractivity contribution in [3.8, 4) is 5.75 Å². The van der Waals surface area contributed by atoms with Crippen molar-refractivity contribution in [3.63, 3.8) is 0 Å². The fourth-order valence-corrected chi connectivity index (χ4v) is 1.70. The Morgan fingerprint density at radius 1 is 1.39 bits per heavy atom. The third-order valence-corrected chi connectivity index (χ3v) is 2.68. The van der Waals surface area contributed by atoms with Crippen molar-refractivity contribution in [2.45, 2.75) is 32.8 Å². The minimum absolute atomic E-state index is 0.116. The van der Waals surface area contributed by atoms with Crippen LogP contribution in [0.3, 0.4) is 0 Å². The predicted octanol–water partition coefficient (Wildman–Crippen LogP) is 3.50. The molecule has 0 bridgehead atoms. The minimum Gasteiger partial charge on any atom is -0.492 e. The summed E-state index contributed by atoms with van der Waals surface area (Å²) in [5.41, 5.74) is 5.66. The second-order valence-electron chi connectivity index (χ2n) is 3.93. The SMILES string of the molecule is CCCCCOc1ccc(COC(N)=O)cc1Cl. The lowest BCUT2D eigenvalue weighted by Crippen LogP contribution is -2.12. The molecule has 5 heteroatoms. The van der Waals surface area contributed by atoms with Gasteiger partial charge in [0.05, 0.1) is 11.6 Å². The highest BCUT2D eigenvalue weighted by atomic mass is 35.5. The van der Waals surface area contributed by atoms with E-state index < -0.39 is 6.09 Å². The molecule has 2 N–H and O–H groups in total. The molecule has 1 amide bonds. The van der Waals surface area contributed by atoms with E-state index in [2.05, 4.69) is 11.7 Å². The van der Waals surface area contributed by atoms with E-state index in [1.807, 2.05) is 0 Å². The van der Waals surface area contributed by atoms with Crippen LogP contribution in [0, 0.1) is 0 Å². The standard InChI is InChI=1S/C13H18ClNO3/c1-2-3-4-7-17-12-6-5-10(8-11(12)14)9-18-13(15)16/h5-6,8H,2-4,7,9H2,1H3,(H2,15,16). The number of unbranched alkanes of at least 4 members (excludes halogenated alkanes) is 2. The van der Waals surface area contributed by atoms with Crippen molar-refractivity contribution in [2.24, 2.45) is 5.73 Å². The van der Waals surface area contributed by atoms with Gasteiger partial charge < -0.3 is 15.2 Å².